The van der Waals surface area contributed by atoms with Crippen molar-refractivity contribution < 1.29 is 4.79 Å². The molecule has 1 aromatic carbocycles. The number of nitrogen functional groups attached to an aromatic ring is 1. The number of hydrogen-bond donors (Lipinski definition) is 1. The Morgan fingerprint density at radius 2 is 2.14 bits per heavy atom. The third-order valence-electron chi connectivity index (χ3n) is 3.51. The van der Waals surface area contributed by atoms with Crippen LogP contribution in [-0.4, -0.2) is 23.2 Å². The van der Waals surface area contributed by atoms with Gasteiger partial charge in [0.15, 0.2) is 0 Å². The third kappa shape index (κ3) is 3.19. The van der Waals surface area contributed by atoms with Gasteiger partial charge in [-0.25, -0.2) is 4.98 Å². The van der Waals surface area contributed by atoms with Crippen molar-refractivity contribution in [1.29, 1.82) is 0 Å². The smallest absolute Gasteiger partial charge is 0.237 e. The van der Waals surface area contributed by atoms with Gasteiger partial charge in [0.25, 0.3) is 0 Å². The molecule has 0 spiro atoms. The van der Waals surface area contributed by atoms with Crippen LogP contribution in [0.4, 0.5) is 11.4 Å². The van der Waals surface area contributed by atoms with Crippen LogP contribution in [0.25, 0.3) is 0 Å². The number of amides is 1. The highest BCUT2D eigenvalue weighted by Gasteiger charge is 2.21. The summed E-state index contributed by atoms with van der Waals surface area (Å²) in [6.07, 6.45) is 3.68. The van der Waals surface area contributed by atoms with Crippen molar-refractivity contribution in [2.75, 3.05) is 22.9 Å². The topological polar surface area (TPSA) is 59.2 Å². The number of aryl methyl sites for hydroxylation is 1. The molecule has 1 aliphatic heterocycles. The zero-order valence-electron chi connectivity index (χ0n) is 11.7. The molecular formula is C16H17N3OS. The van der Waals surface area contributed by atoms with Crippen molar-refractivity contribution in [3.63, 3.8) is 0 Å². The average Bonchev–Trinajstić information content (AvgIpc) is 2.53. The summed E-state index contributed by atoms with van der Waals surface area (Å²) >= 11 is 1.45. The molecule has 1 aliphatic rings. The number of pyridine rings is 1. The normalized spacial score (nSPS) is 13.8. The molecule has 0 saturated heterocycles. The predicted octanol–water partition coefficient (Wildman–Crippen LogP) is 2.74. The molecule has 108 valence electrons. The minimum Gasteiger partial charge on any atom is -0.397 e. The number of para-hydroxylation sites is 1. The van der Waals surface area contributed by atoms with Gasteiger partial charge in [-0.3, -0.25) is 4.79 Å². The minimum absolute atomic E-state index is 0.130. The number of anilines is 2. The lowest BCUT2D eigenvalue weighted by Gasteiger charge is -2.29. The van der Waals surface area contributed by atoms with E-state index in [1.54, 1.807) is 12.3 Å². The van der Waals surface area contributed by atoms with E-state index in [9.17, 15) is 4.79 Å². The van der Waals surface area contributed by atoms with Gasteiger partial charge in [0.2, 0.25) is 5.91 Å². The molecule has 5 heteroatoms. The number of benzene rings is 1. The molecular weight excluding hydrogens is 282 g/mol. The first-order valence-electron chi connectivity index (χ1n) is 6.96. The Bertz CT molecular complexity index is 642. The fraction of sp³-hybridized carbons (Fsp3) is 0.250. The fourth-order valence-electron chi connectivity index (χ4n) is 2.48. The highest BCUT2D eigenvalue weighted by atomic mass is 32.2. The van der Waals surface area contributed by atoms with Gasteiger partial charge in [0.05, 0.1) is 22.7 Å². The fourth-order valence-corrected chi connectivity index (χ4v) is 3.20. The lowest BCUT2D eigenvalue weighted by atomic mass is 10.0. The number of carbonyl (C=O) groups excluding carboxylic acids is 1. The summed E-state index contributed by atoms with van der Waals surface area (Å²) in [5.41, 5.74) is 8.55. The number of rotatable bonds is 3. The van der Waals surface area contributed by atoms with E-state index in [-0.39, 0.29) is 5.91 Å². The quantitative estimate of drug-likeness (QED) is 0.885. The van der Waals surface area contributed by atoms with Crippen molar-refractivity contribution in [2.45, 2.75) is 17.9 Å². The second-order valence-electron chi connectivity index (χ2n) is 5.00. The number of thioether (sulfide) groups is 1. The Morgan fingerprint density at radius 1 is 1.29 bits per heavy atom. The van der Waals surface area contributed by atoms with Gasteiger partial charge in [-0.05, 0) is 36.6 Å². The third-order valence-corrected chi connectivity index (χ3v) is 4.44. The molecule has 0 bridgehead atoms. The van der Waals surface area contributed by atoms with Gasteiger partial charge < -0.3 is 10.6 Å². The van der Waals surface area contributed by atoms with Crippen LogP contribution in [0, 0.1) is 0 Å². The summed E-state index contributed by atoms with van der Waals surface area (Å²) in [4.78, 5) is 18.6. The second kappa shape index (κ2) is 6.18. The lowest BCUT2D eigenvalue weighted by Crippen LogP contribution is -2.36. The molecule has 21 heavy (non-hydrogen) atoms. The monoisotopic (exact) mass is 299 g/mol. The Hall–Kier alpha value is -2.01. The number of hydrogen-bond acceptors (Lipinski definition) is 4. The SMILES string of the molecule is Nc1ccc(SCC(=O)N2CCCc3ccccc32)nc1. The highest BCUT2D eigenvalue weighted by Crippen LogP contribution is 2.28. The van der Waals surface area contributed by atoms with Crippen molar-refractivity contribution in [1.82, 2.24) is 4.98 Å². The second-order valence-corrected chi connectivity index (χ2v) is 5.99. The molecule has 2 heterocycles. The largest absolute Gasteiger partial charge is 0.397 e. The first kappa shape index (κ1) is 13.9. The Kier molecular flexibility index (Phi) is 4.10. The van der Waals surface area contributed by atoms with E-state index in [1.165, 1.54) is 17.3 Å². The summed E-state index contributed by atoms with van der Waals surface area (Å²) in [6.45, 7) is 0.797. The Morgan fingerprint density at radius 3 is 2.95 bits per heavy atom. The molecule has 2 N–H and O–H groups in total. The number of nitrogens with two attached hydrogens (primary N) is 1. The van der Waals surface area contributed by atoms with Crippen molar-refractivity contribution in [3.8, 4) is 0 Å². The summed E-state index contributed by atoms with van der Waals surface area (Å²) < 4.78 is 0. The standard InChI is InChI=1S/C16H17N3OS/c17-13-7-8-15(18-10-13)21-11-16(20)19-9-3-5-12-4-1-2-6-14(12)19/h1-2,4,6-8,10H,3,5,9,11,17H2. The highest BCUT2D eigenvalue weighted by molar-refractivity contribution is 7.99. The van der Waals surface area contributed by atoms with Gasteiger partial charge in [-0.1, -0.05) is 30.0 Å². The van der Waals surface area contributed by atoms with Crippen LogP contribution in [0.2, 0.25) is 0 Å². The molecule has 0 saturated carbocycles. The molecule has 1 aromatic heterocycles. The zero-order chi connectivity index (χ0) is 14.7. The maximum absolute atomic E-state index is 12.5. The molecule has 0 fully saturated rings. The van der Waals surface area contributed by atoms with Gasteiger partial charge in [0, 0.05) is 12.2 Å². The predicted molar refractivity (Wildman–Crippen MR) is 86.5 cm³/mol. The van der Waals surface area contributed by atoms with E-state index in [1.807, 2.05) is 29.2 Å². The first-order valence-corrected chi connectivity index (χ1v) is 7.95. The Labute approximate surface area is 128 Å². The van der Waals surface area contributed by atoms with E-state index in [2.05, 4.69) is 11.1 Å². The molecule has 0 atom stereocenters. The zero-order valence-corrected chi connectivity index (χ0v) is 12.5. The molecule has 0 aliphatic carbocycles. The van der Waals surface area contributed by atoms with E-state index < -0.39 is 0 Å². The van der Waals surface area contributed by atoms with Crippen LogP contribution in [0.1, 0.15) is 12.0 Å². The maximum atomic E-state index is 12.5. The summed E-state index contributed by atoms with van der Waals surface area (Å²) in [5, 5.41) is 0.822. The summed E-state index contributed by atoms with van der Waals surface area (Å²) in [5.74, 6) is 0.524. The van der Waals surface area contributed by atoms with Crippen molar-refractivity contribution in [2.24, 2.45) is 0 Å². The van der Waals surface area contributed by atoms with Gasteiger partial charge in [-0.15, -0.1) is 0 Å². The molecule has 0 unspecified atom stereocenters. The van der Waals surface area contributed by atoms with E-state index >= 15 is 0 Å². The summed E-state index contributed by atoms with van der Waals surface area (Å²) in [7, 11) is 0. The van der Waals surface area contributed by atoms with E-state index in [0.717, 1.165) is 30.1 Å². The van der Waals surface area contributed by atoms with Crippen LogP contribution in [0.15, 0.2) is 47.6 Å². The van der Waals surface area contributed by atoms with Gasteiger partial charge in [0.1, 0.15) is 0 Å². The maximum Gasteiger partial charge on any atom is 0.237 e. The summed E-state index contributed by atoms with van der Waals surface area (Å²) in [6, 6.07) is 11.8. The molecule has 1 amide bonds. The van der Waals surface area contributed by atoms with Crippen LogP contribution >= 0.6 is 11.8 Å². The molecule has 4 nitrogen and oxygen atoms in total. The van der Waals surface area contributed by atoms with Crippen molar-refractivity contribution in [3.05, 3.63) is 48.2 Å². The first-order chi connectivity index (χ1) is 10.2. The van der Waals surface area contributed by atoms with E-state index in [0.29, 0.717) is 11.4 Å². The van der Waals surface area contributed by atoms with Crippen LogP contribution in [0.5, 0.6) is 0 Å². The number of aromatic nitrogens is 1. The molecule has 0 radical (unpaired) electrons. The molecule has 3 rings (SSSR count). The number of fused-ring (bicyclic) bond motifs is 1. The van der Waals surface area contributed by atoms with Crippen molar-refractivity contribution >= 4 is 29.0 Å². The van der Waals surface area contributed by atoms with Crippen LogP contribution in [-0.2, 0) is 11.2 Å². The van der Waals surface area contributed by atoms with Gasteiger partial charge in [-0.2, -0.15) is 0 Å². The number of nitrogens with zero attached hydrogens (tertiary/aromatic N) is 2. The van der Waals surface area contributed by atoms with Crippen LogP contribution < -0.4 is 10.6 Å². The minimum atomic E-state index is 0.130. The van der Waals surface area contributed by atoms with Gasteiger partial charge >= 0.3 is 0 Å². The van der Waals surface area contributed by atoms with E-state index in [4.69, 9.17) is 5.73 Å². The Balaban J connectivity index is 1.68. The molecule has 2 aromatic rings. The average molecular weight is 299 g/mol. The lowest BCUT2D eigenvalue weighted by molar-refractivity contribution is -0.116. The van der Waals surface area contributed by atoms with Crippen LogP contribution in [0.3, 0.4) is 0 Å². The number of carbonyl (C=O) groups is 1.